The number of aromatic nitrogens is 1. The molecule has 0 aliphatic rings. The van der Waals surface area contributed by atoms with Gasteiger partial charge in [-0.15, -0.1) is 0 Å². The molecule has 1 aromatic heterocycles. The summed E-state index contributed by atoms with van der Waals surface area (Å²) < 4.78 is 0.904. The Morgan fingerprint density at radius 1 is 1.00 bits per heavy atom. The van der Waals surface area contributed by atoms with Gasteiger partial charge in [-0.1, -0.05) is 51.8 Å². The average molecular weight is 405 g/mol. The number of pyridine rings is 1. The highest BCUT2D eigenvalue weighted by Crippen LogP contribution is 2.34. The number of carboxylic acids is 1. The van der Waals surface area contributed by atoms with Crippen molar-refractivity contribution in [3.63, 3.8) is 0 Å². The van der Waals surface area contributed by atoms with E-state index in [0.29, 0.717) is 16.3 Å². The molecule has 0 bridgehead atoms. The van der Waals surface area contributed by atoms with E-state index in [4.69, 9.17) is 11.6 Å². The van der Waals surface area contributed by atoms with E-state index in [9.17, 15) is 15.0 Å². The lowest BCUT2D eigenvalue weighted by atomic mass is 10.0. The number of aromatic carboxylic acids is 1. The SMILES string of the molecule is O=C(O)c1cc(-c2ccc(Br)cc2)nc(-c2ccc(Cl)cc2)c1O. The fourth-order valence-electron chi connectivity index (χ4n) is 2.28. The minimum atomic E-state index is -1.22. The van der Waals surface area contributed by atoms with Crippen LogP contribution in [0.2, 0.25) is 5.02 Å². The van der Waals surface area contributed by atoms with E-state index in [1.54, 1.807) is 24.3 Å². The quantitative estimate of drug-likeness (QED) is 0.626. The van der Waals surface area contributed by atoms with Crippen LogP contribution >= 0.6 is 27.5 Å². The van der Waals surface area contributed by atoms with Crippen molar-refractivity contribution in [2.24, 2.45) is 0 Å². The molecule has 0 amide bonds. The van der Waals surface area contributed by atoms with Crippen LogP contribution in [0.15, 0.2) is 59.1 Å². The summed E-state index contributed by atoms with van der Waals surface area (Å²) >= 11 is 9.24. The molecule has 0 fully saturated rings. The summed E-state index contributed by atoms with van der Waals surface area (Å²) in [6, 6.07) is 15.4. The lowest BCUT2D eigenvalue weighted by Gasteiger charge is -2.11. The highest BCUT2D eigenvalue weighted by atomic mass is 79.9. The Balaban J connectivity index is 2.22. The van der Waals surface area contributed by atoms with E-state index in [1.807, 2.05) is 24.3 Å². The van der Waals surface area contributed by atoms with E-state index in [1.165, 1.54) is 6.07 Å². The first-order valence-corrected chi connectivity index (χ1v) is 8.12. The number of aromatic hydroxyl groups is 1. The molecular weight excluding hydrogens is 394 g/mol. The molecule has 4 nitrogen and oxygen atoms in total. The van der Waals surface area contributed by atoms with Crippen molar-refractivity contribution in [1.29, 1.82) is 0 Å². The summed E-state index contributed by atoms with van der Waals surface area (Å²) in [7, 11) is 0. The zero-order valence-electron chi connectivity index (χ0n) is 12.2. The Morgan fingerprint density at radius 3 is 2.17 bits per heavy atom. The van der Waals surface area contributed by atoms with Gasteiger partial charge in [0, 0.05) is 20.6 Å². The first-order valence-electron chi connectivity index (χ1n) is 6.95. The number of hydrogen-bond donors (Lipinski definition) is 2. The van der Waals surface area contributed by atoms with Crippen molar-refractivity contribution < 1.29 is 15.0 Å². The van der Waals surface area contributed by atoms with Crippen LogP contribution in [0.5, 0.6) is 5.75 Å². The van der Waals surface area contributed by atoms with Gasteiger partial charge in [0.05, 0.1) is 5.69 Å². The largest absolute Gasteiger partial charge is 0.505 e. The van der Waals surface area contributed by atoms with Crippen molar-refractivity contribution in [1.82, 2.24) is 4.98 Å². The fraction of sp³-hybridized carbons (Fsp3) is 0. The molecule has 1 heterocycles. The van der Waals surface area contributed by atoms with Gasteiger partial charge >= 0.3 is 5.97 Å². The number of carbonyl (C=O) groups is 1. The summed E-state index contributed by atoms with van der Waals surface area (Å²) in [5.74, 6) is -1.59. The molecule has 6 heteroatoms. The zero-order valence-corrected chi connectivity index (χ0v) is 14.5. The van der Waals surface area contributed by atoms with Gasteiger partial charge in [-0.3, -0.25) is 0 Å². The van der Waals surface area contributed by atoms with E-state index < -0.39 is 5.97 Å². The fourth-order valence-corrected chi connectivity index (χ4v) is 2.67. The molecule has 120 valence electrons. The third-order valence-corrected chi connectivity index (χ3v) is 4.26. The first kappa shape index (κ1) is 16.5. The van der Waals surface area contributed by atoms with Crippen LogP contribution in [0.1, 0.15) is 10.4 Å². The predicted molar refractivity (Wildman–Crippen MR) is 96.4 cm³/mol. The van der Waals surface area contributed by atoms with Gasteiger partial charge in [0.25, 0.3) is 0 Å². The molecule has 2 N–H and O–H groups in total. The highest BCUT2D eigenvalue weighted by Gasteiger charge is 2.19. The first-order chi connectivity index (χ1) is 11.5. The lowest BCUT2D eigenvalue weighted by Crippen LogP contribution is -2.01. The van der Waals surface area contributed by atoms with Crippen molar-refractivity contribution in [3.8, 4) is 28.3 Å². The molecule has 0 saturated carbocycles. The van der Waals surface area contributed by atoms with E-state index in [-0.39, 0.29) is 17.0 Å². The Kier molecular flexibility index (Phi) is 4.55. The van der Waals surface area contributed by atoms with Gasteiger partial charge in [-0.2, -0.15) is 0 Å². The second kappa shape index (κ2) is 6.63. The number of rotatable bonds is 3. The van der Waals surface area contributed by atoms with Crippen LogP contribution in [0.25, 0.3) is 22.5 Å². The van der Waals surface area contributed by atoms with Gasteiger partial charge in [0.1, 0.15) is 11.3 Å². The smallest absolute Gasteiger partial charge is 0.339 e. The molecule has 3 rings (SSSR count). The van der Waals surface area contributed by atoms with Gasteiger partial charge in [0.15, 0.2) is 5.75 Å². The van der Waals surface area contributed by atoms with Crippen molar-refractivity contribution in [3.05, 3.63) is 69.7 Å². The number of hydrogen-bond acceptors (Lipinski definition) is 3. The highest BCUT2D eigenvalue weighted by molar-refractivity contribution is 9.10. The minimum absolute atomic E-state index is 0.199. The molecule has 3 aromatic rings. The van der Waals surface area contributed by atoms with Crippen LogP contribution in [0.4, 0.5) is 0 Å². The van der Waals surface area contributed by atoms with E-state index in [0.717, 1.165) is 10.0 Å². The summed E-state index contributed by atoms with van der Waals surface area (Å²) in [6.45, 7) is 0. The molecule has 0 radical (unpaired) electrons. The molecule has 24 heavy (non-hydrogen) atoms. The molecular formula is C18H11BrClNO3. The molecule has 0 spiro atoms. The standard InChI is InChI=1S/C18H11BrClNO3/c19-12-5-1-10(2-6-12)15-9-14(18(23)24)17(22)16(21-15)11-3-7-13(20)8-4-11/h1-9,22H,(H,23,24). The van der Waals surface area contributed by atoms with Crippen molar-refractivity contribution >= 4 is 33.5 Å². The predicted octanol–water partition coefficient (Wildman–Crippen LogP) is 5.24. The maximum atomic E-state index is 11.5. The number of nitrogens with zero attached hydrogens (tertiary/aromatic N) is 1. The topological polar surface area (TPSA) is 70.4 Å². The lowest BCUT2D eigenvalue weighted by molar-refractivity contribution is 0.0693. The molecule has 2 aromatic carbocycles. The van der Waals surface area contributed by atoms with Crippen LogP contribution in [0.3, 0.4) is 0 Å². The average Bonchev–Trinajstić information content (AvgIpc) is 2.56. The van der Waals surface area contributed by atoms with E-state index in [2.05, 4.69) is 20.9 Å². The molecule has 0 aliphatic heterocycles. The zero-order chi connectivity index (χ0) is 17.3. The molecule has 0 aliphatic carbocycles. The van der Waals surface area contributed by atoms with Crippen molar-refractivity contribution in [2.45, 2.75) is 0 Å². The van der Waals surface area contributed by atoms with Crippen LogP contribution in [-0.4, -0.2) is 21.2 Å². The van der Waals surface area contributed by atoms with Crippen LogP contribution in [-0.2, 0) is 0 Å². The Morgan fingerprint density at radius 2 is 1.58 bits per heavy atom. The summed E-state index contributed by atoms with van der Waals surface area (Å²) in [6.07, 6.45) is 0. The maximum absolute atomic E-state index is 11.5. The van der Waals surface area contributed by atoms with Gasteiger partial charge in [0.2, 0.25) is 0 Å². The second-order valence-corrected chi connectivity index (χ2v) is 6.42. The maximum Gasteiger partial charge on any atom is 0.339 e. The van der Waals surface area contributed by atoms with Crippen molar-refractivity contribution in [2.75, 3.05) is 0 Å². The second-order valence-electron chi connectivity index (χ2n) is 5.07. The number of halogens is 2. The molecule has 0 saturated heterocycles. The summed E-state index contributed by atoms with van der Waals surface area (Å²) in [5, 5.41) is 20.2. The Labute approximate surface area is 151 Å². The summed E-state index contributed by atoms with van der Waals surface area (Å²) in [4.78, 5) is 15.9. The van der Waals surface area contributed by atoms with Crippen LogP contribution < -0.4 is 0 Å². The molecule has 0 unspecified atom stereocenters. The van der Waals surface area contributed by atoms with Gasteiger partial charge in [-0.25, -0.2) is 9.78 Å². The minimum Gasteiger partial charge on any atom is -0.505 e. The number of benzene rings is 2. The van der Waals surface area contributed by atoms with Gasteiger partial charge in [-0.05, 0) is 30.3 Å². The normalized spacial score (nSPS) is 10.6. The number of carboxylic acid groups (broad SMARTS) is 1. The summed E-state index contributed by atoms with van der Waals surface area (Å²) in [5.41, 5.74) is 1.79. The Bertz CT molecular complexity index is 909. The Hall–Kier alpha value is -2.37. The monoisotopic (exact) mass is 403 g/mol. The van der Waals surface area contributed by atoms with E-state index >= 15 is 0 Å². The van der Waals surface area contributed by atoms with Crippen LogP contribution in [0, 0.1) is 0 Å². The third kappa shape index (κ3) is 3.27. The van der Waals surface area contributed by atoms with Gasteiger partial charge < -0.3 is 10.2 Å². The third-order valence-electron chi connectivity index (χ3n) is 3.48. The molecule has 0 atom stereocenters.